The number of carboxylic acid groups (broad SMARTS) is 1. The molecule has 8 heteroatoms. The number of hydrogen-bond donors (Lipinski definition) is 1. The number of halogens is 1. The van der Waals surface area contributed by atoms with Crippen molar-refractivity contribution >= 4 is 23.3 Å². The van der Waals surface area contributed by atoms with Gasteiger partial charge in [0.2, 0.25) is 5.88 Å². The Hall–Kier alpha value is -2.67. The number of aryl methyl sites for hydroxylation is 1. The van der Waals surface area contributed by atoms with E-state index in [0.29, 0.717) is 11.3 Å². The second-order valence-electron chi connectivity index (χ2n) is 4.09. The van der Waals surface area contributed by atoms with Crippen molar-refractivity contribution in [3.63, 3.8) is 0 Å². The van der Waals surface area contributed by atoms with Gasteiger partial charge in [0.1, 0.15) is 10.8 Å². The van der Waals surface area contributed by atoms with Gasteiger partial charge in [0.15, 0.2) is 0 Å². The highest BCUT2D eigenvalue weighted by atomic mass is 35.5. The lowest BCUT2D eigenvalue weighted by Gasteiger charge is -2.09. The fourth-order valence-corrected chi connectivity index (χ4v) is 1.86. The highest BCUT2D eigenvalue weighted by Gasteiger charge is 2.16. The van der Waals surface area contributed by atoms with Gasteiger partial charge in [-0.05, 0) is 24.6 Å². The van der Waals surface area contributed by atoms with E-state index in [1.807, 2.05) is 0 Å². The van der Waals surface area contributed by atoms with Gasteiger partial charge < -0.3 is 9.84 Å². The molecule has 0 aliphatic carbocycles. The van der Waals surface area contributed by atoms with Crippen molar-refractivity contribution in [3.8, 4) is 11.6 Å². The van der Waals surface area contributed by atoms with E-state index in [9.17, 15) is 14.9 Å². The molecular weight excluding hydrogens is 300 g/mol. The number of nitro benzene ring substituents is 1. The Labute approximate surface area is 123 Å². The Morgan fingerprint density at radius 1 is 1.43 bits per heavy atom. The van der Waals surface area contributed by atoms with Crippen LogP contribution in [0.15, 0.2) is 30.5 Å². The summed E-state index contributed by atoms with van der Waals surface area (Å²) in [7, 11) is 0. The number of pyridine rings is 1. The van der Waals surface area contributed by atoms with Crippen molar-refractivity contribution in [1.82, 2.24) is 4.98 Å². The first-order valence-corrected chi connectivity index (χ1v) is 6.08. The van der Waals surface area contributed by atoms with E-state index in [1.54, 1.807) is 6.92 Å². The molecule has 21 heavy (non-hydrogen) atoms. The number of carboxylic acids is 1. The third kappa shape index (κ3) is 3.09. The average molecular weight is 309 g/mol. The molecule has 108 valence electrons. The van der Waals surface area contributed by atoms with Crippen molar-refractivity contribution in [2.45, 2.75) is 6.92 Å². The quantitative estimate of drug-likeness (QED) is 0.685. The second kappa shape index (κ2) is 5.76. The molecule has 0 fully saturated rings. The maximum Gasteiger partial charge on any atom is 0.337 e. The highest BCUT2D eigenvalue weighted by Crippen LogP contribution is 2.32. The third-order valence-electron chi connectivity index (χ3n) is 2.66. The zero-order chi connectivity index (χ0) is 15.6. The average Bonchev–Trinajstić information content (AvgIpc) is 2.42. The number of benzene rings is 1. The number of ether oxygens (including phenoxy) is 1. The predicted molar refractivity (Wildman–Crippen MR) is 74.1 cm³/mol. The van der Waals surface area contributed by atoms with Gasteiger partial charge in [-0.1, -0.05) is 11.6 Å². The normalized spacial score (nSPS) is 10.2. The Balaban J connectivity index is 2.37. The van der Waals surface area contributed by atoms with Crippen LogP contribution in [0.2, 0.25) is 5.02 Å². The van der Waals surface area contributed by atoms with Crippen LogP contribution in [0, 0.1) is 17.0 Å². The van der Waals surface area contributed by atoms with Crippen molar-refractivity contribution in [1.29, 1.82) is 0 Å². The predicted octanol–water partition coefficient (Wildman–Crippen LogP) is 3.44. The summed E-state index contributed by atoms with van der Waals surface area (Å²) >= 11 is 5.91. The highest BCUT2D eigenvalue weighted by molar-refractivity contribution is 6.34. The van der Waals surface area contributed by atoms with Gasteiger partial charge in [0.25, 0.3) is 5.69 Å². The summed E-state index contributed by atoms with van der Waals surface area (Å²) in [5.41, 5.74) is 0.294. The Morgan fingerprint density at radius 2 is 2.14 bits per heavy atom. The fourth-order valence-electron chi connectivity index (χ4n) is 1.63. The van der Waals surface area contributed by atoms with Crippen molar-refractivity contribution in [2.75, 3.05) is 0 Å². The maximum atomic E-state index is 11.0. The van der Waals surface area contributed by atoms with Gasteiger partial charge in [-0.25, -0.2) is 9.78 Å². The molecule has 2 rings (SSSR count). The largest absolute Gasteiger partial charge is 0.478 e. The number of aromatic nitrogens is 1. The summed E-state index contributed by atoms with van der Waals surface area (Å²) < 4.78 is 5.44. The number of hydrogen-bond acceptors (Lipinski definition) is 5. The minimum Gasteiger partial charge on any atom is -0.478 e. The van der Waals surface area contributed by atoms with Crippen LogP contribution in [0.5, 0.6) is 11.6 Å². The number of aromatic carboxylic acids is 1. The molecule has 0 radical (unpaired) electrons. The van der Waals surface area contributed by atoms with Gasteiger partial charge in [0, 0.05) is 18.3 Å². The lowest BCUT2D eigenvalue weighted by molar-refractivity contribution is -0.384. The molecule has 0 atom stereocenters. The van der Waals surface area contributed by atoms with Crippen LogP contribution < -0.4 is 4.74 Å². The van der Waals surface area contributed by atoms with Gasteiger partial charge in [-0.2, -0.15) is 0 Å². The number of carbonyl (C=O) groups is 1. The second-order valence-corrected chi connectivity index (χ2v) is 4.47. The molecule has 1 N–H and O–H groups in total. The van der Waals surface area contributed by atoms with Crippen LogP contribution >= 0.6 is 11.6 Å². The molecule has 0 spiro atoms. The molecule has 0 saturated heterocycles. The first kappa shape index (κ1) is 14.7. The van der Waals surface area contributed by atoms with E-state index in [0.717, 1.165) is 0 Å². The van der Waals surface area contributed by atoms with Crippen molar-refractivity contribution in [2.24, 2.45) is 0 Å². The van der Waals surface area contributed by atoms with E-state index in [2.05, 4.69) is 4.98 Å². The number of non-ortho nitro benzene ring substituents is 1. The first-order valence-electron chi connectivity index (χ1n) is 5.71. The summed E-state index contributed by atoms with van der Waals surface area (Å²) in [6.45, 7) is 1.62. The first-order chi connectivity index (χ1) is 9.90. The standard InChI is InChI=1S/C13H9ClN2O5/c1-7-6-8(16(19)20)2-3-10(7)21-12-11(14)9(13(17)18)4-5-15-12/h2-6H,1H3,(H,17,18). The molecule has 1 aromatic carbocycles. The molecular formula is C13H9ClN2O5. The molecule has 0 unspecified atom stereocenters. The zero-order valence-corrected chi connectivity index (χ0v) is 11.5. The molecule has 1 aromatic heterocycles. The van der Waals surface area contributed by atoms with Crippen LogP contribution in [-0.4, -0.2) is 21.0 Å². The molecule has 0 saturated carbocycles. The number of rotatable bonds is 4. The van der Waals surface area contributed by atoms with E-state index in [1.165, 1.54) is 30.5 Å². The number of nitro groups is 1. The molecule has 0 aliphatic heterocycles. The Morgan fingerprint density at radius 3 is 2.71 bits per heavy atom. The lowest BCUT2D eigenvalue weighted by Crippen LogP contribution is -2.00. The summed E-state index contributed by atoms with van der Waals surface area (Å²) in [4.78, 5) is 25.0. The smallest absolute Gasteiger partial charge is 0.337 e. The molecule has 0 bridgehead atoms. The lowest BCUT2D eigenvalue weighted by atomic mass is 10.2. The molecule has 0 amide bonds. The minimum atomic E-state index is -1.20. The Kier molecular flexibility index (Phi) is 4.04. The van der Waals surface area contributed by atoms with Crippen LogP contribution in [0.1, 0.15) is 15.9 Å². The van der Waals surface area contributed by atoms with Gasteiger partial charge in [0.05, 0.1) is 10.5 Å². The van der Waals surface area contributed by atoms with Gasteiger partial charge in [-0.3, -0.25) is 10.1 Å². The van der Waals surface area contributed by atoms with Crippen molar-refractivity contribution < 1.29 is 19.6 Å². The number of nitrogens with zero attached hydrogens (tertiary/aromatic N) is 2. The topological polar surface area (TPSA) is 103 Å². The van der Waals surface area contributed by atoms with Crippen LogP contribution in [0.25, 0.3) is 0 Å². The van der Waals surface area contributed by atoms with Crippen LogP contribution in [0.4, 0.5) is 5.69 Å². The molecule has 0 aliphatic rings. The maximum absolute atomic E-state index is 11.0. The van der Waals surface area contributed by atoms with Crippen molar-refractivity contribution in [3.05, 3.63) is 56.7 Å². The molecule has 7 nitrogen and oxygen atoms in total. The van der Waals surface area contributed by atoms with E-state index in [-0.39, 0.29) is 22.2 Å². The third-order valence-corrected chi connectivity index (χ3v) is 3.03. The van der Waals surface area contributed by atoms with Crippen LogP contribution in [-0.2, 0) is 0 Å². The summed E-state index contributed by atoms with van der Waals surface area (Å²) in [5, 5.41) is 19.5. The van der Waals surface area contributed by atoms with E-state index < -0.39 is 10.9 Å². The summed E-state index contributed by atoms with van der Waals surface area (Å²) in [6.07, 6.45) is 1.26. The Bertz CT molecular complexity index is 732. The van der Waals surface area contributed by atoms with Gasteiger partial charge in [-0.15, -0.1) is 0 Å². The molecule has 2 aromatic rings. The fraction of sp³-hybridized carbons (Fsp3) is 0.0769. The van der Waals surface area contributed by atoms with Gasteiger partial charge >= 0.3 is 5.97 Å². The molecule has 1 heterocycles. The van der Waals surface area contributed by atoms with E-state index >= 15 is 0 Å². The summed E-state index contributed by atoms with van der Waals surface area (Å²) in [5.74, 6) is -0.973. The zero-order valence-electron chi connectivity index (χ0n) is 10.7. The van der Waals surface area contributed by atoms with Crippen LogP contribution in [0.3, 0.4) is 0 Å². The van der Waals surface area contributed by atoms with E-state index in [4.69, 9.17) is 21.4 Å². The minimum absolute atomic E-state index is 0.0711. The SMILES string of the molecule is Cc1cc([N+](=O)[O-])ccc1Oc1nccc(C(=O)O)c1Cl. The monoisotopic (exact) mass is 308 g/mol. The summed E-state index contributed by atoms with van der Waals surface area (Å²) in [6, 6.07) is 5.26.